The number of alkyl halides is 4. The highest BCUT2D eigenvalue weighted by Gasteiger charge is 2.63. The summed E-state index contributed by atoms with van der Waals surface area (Å²) in [6.07, 6.45) is 10.5. The molecule has 2 aliphatic carbocycles. The van der Waals surface area contributed by atoms with Gasteiger partial charge in [-0.15, -0.1) is 0 Å². The van der Waals surface area contributed by atoms with Crippen molar-refractivity contribution in [1.82, 2.24) is 0 Å². The van der Waals surface area contributed by atoms with Crippen LogP contribution in [0.1, 0.15) is 64.7 Å². The molecular formula is C21H30F4O2. The van der Waals surface area contributed by atoms with E-state index >= 15 is 0 Å². The second kappa shape index (κ2) is 8.54. The minimum atomic E-state index is -4.30. The molecule has 27 heavy (non-hydrogen) atoms. The van der Waals surface area contributed by atoms with Gasteiger partial charge in [0.15, 0.2) is 5.76 Å². The van der Waals surface area contributed by atoms with E-state index in [0.717, 1.165) is 30.9 Å². The van der Waals surface area contributed by atoms with Crippen LogP contribution in [-0.4, -0.2) is 31.2 Å². The van der Waals surface area contributed by atoms with E-state index < -0.39 is 23.2 Å². The van der Waals surface area contributed by atoms with E-state index in [1.807, 2.05) is 0 Å². The molecule has 1 saturated heterocycles. The first-order chi connectivity index (χ1) is 12.9. The van der Waals surface area contributed by atoms with E-state index in [1.54, 1.807) is 0 Å². The molecule has 0 bridgehead atoms. The molecule has 0 amide bonds. The molecule has 2 fully saturated rings. The van der Waals surface area contributed by atoms with E-state index in [2.05, 4.69) is 0 Å². The summed E-state index contributed by atoms with van der Waals surface area (Å²) < 4.78 is 67.4. The predicted octanol–water partition coefficient (Wildman–Crippen LogP) is 6.27. The monoisotopic (exact) mass is 390 g/mol. The lowest BCUT2D eigenvalue weighted by molar-refractivity contribution is -0.186. The largest absolute Gasteiger partial charge is 0.492 e. The summed E-state index contributed by atoms with van der Waals surface area (Å²) >= 11 is 0. The van der Waals surface area contributed by atoms with Gasteiger partial charge in [0.25, 0.3) is 0 Å². The average Bonchev–Trinajstić information content (AvgIpc) is 2.67. The lowest BCUT2D eigenvalue weighted by Gasteiger charge is -2.37. The van der Waals surface area contributed by atoms with Gasteiger partial charge >= 0.3 is 11.8 Å². The van der Waals surface area contributed by atoms with Crippen LogP contribution in [0.2, 0.25) is 0 Å². The molecular weight excluding hydrogens is 360 g/mol. The van der Waals surface area contributed by atoms with Gasteiger partial charge in [-0.3, -0.25) is 0 Å². The van der Waals surface area contributed by atoms with Crippen molar-refractivity contribution in [3.63, 3.8) is 0 Å². The Morgan fingerprint density at radius 3 is 2.33 bits per heavy atom. The van der Waals surface area contributed by atoms with Crippen molar-refractivity contribution in [1.29, 1.82) is 0 Å². The summed E-state index contributed by atoms with van der Waals surface area (Å²) in [4.78, 5) is 0. The smallest absolute Gasteiger partial charge is 0.369 e. The van der Waals surface area contributed by atoms with Crippen LogP contribution in [0, 0.1) is 11.8 Å². The number of hydrogen-bond donors (Lipinski definition) is 0. The normalized spacial score (nSPS) is 31.1. The van der Waals surface area contributed by atoms with Crippen LogP contribution in [0.3, 0.4) is 0 Å². The zero-order valence-corrected chi connectivity index (χ0v) is 16.0. The van der Waals surface area contributed by atoms with Gasteiger partial charge in [-0.1, -0.05) is 38.2 Å². The first-order valence-electron chi connectivity index (χ1n) is 10.3. The third-order valence-corrected chi connectivity index (χ3v) is 6.30. The Morgan fingerprint density at radius 2 is 1.70 bits per heavy atom. The summed E-state index contributed by atoms with van der Waals surface area (Å²) in [6, 6.07) is 0. The van der Waals surface area contributed by atoms with Crippen LogP contribution in [0.5, 0.6) is 0 Å². The van der Waals surface area contributed by atoms with Crippen LogP contribution in [-0.2, 0) is 9.47 Å². The molecule has 0 N–H and O–H groups in total. The van der Waals surface area contributed by atoms with Crippen LogP contribution in [0.15, 0.2) is 23.5 Å². The first-order valence-corrected chi connectivity index (χ1v) is 10.3. The molecule has 2 unspecified atom stereocenters. The number of hydrogen-bond acceptors (Lipinski definition) is 2. The van der Waals surface area contributed by atoms with Crippen LogP contribution < -0.4 is 0 Å². The second-order valence-corrected chi connectivity index (χ2v) is 8.03. The minimum Gasteiger partial charge on any atom is -0.492 e. The molecule has 2 atom stereocenters. The quantitative estimate of drug-likeness (QED) is 0.498. The molecule has 0 aromatic rings. The lowest BCUT2D eigenvalue weighted by Crippen LogP contribution is -2.46. The van der Waals surface area contributed by atoms with Gasteiger partial charge in [0, 0.05) is 5.57 Å². The summed E-state index contributed by atoms with van der Waals surface area (Å²) in [6.45, 7) is 2.10. The molecule has 1 aliphatic heterocycles. The maximum absolute atomic E-state index is 14.3. The van der Waals surface area contributed by atoms with E-state index in [4.69, 9.17) is 9.47 Å². The molecule has 2 nitrogen and oxygen atoms in total. The minimum absolute atomic E-state index is 0.0707. The van der Waals surface area contributed by atoms with Gasteiger partial charge < -0.3 is 9.47 Å². The molecule has 154 valence electrons. The van der Waals surface area contributed by atoms with Gasteiger partial charge in [0.05, 0.1) is 19.3 Å². The van der Waals surface area contributed by atoms with Crippen LogP contribution >= 0.6 is 0 Å². The van der Waals surface area contributed by atoms with Gasteiger partial charge in [-0.25, -0.2) is 0 Å². The zero-order chi connectivity index (χ0) is 19.5. The first kappa shape index (κ1) is 20.7. The zero-order valence-electron chi connectivity index (χ0n) is 16.0. The van der Waals surface area contributed by atoms with E-state index in [0.29, 0.717) is 18.9 Å². The van der Waals surface area contributed by atoms with E-state index in [-0.39, 0.29) is 19.1 Å². The Kier molecular flexibility index (Phi) is 6.54. The fourth-order valence-electron chi connectivity index (χ4n) is 4.62. The van der Waals surface area contributed by atoms with Crippen molar-refractivity contribution in [2.45, 2.75) is 82.7 Å². The van der Waals surface area contributed by atoms with Gasteiger partial charge in [0.2, 0.25) is 0 Å². The Morgan fingerprint density at radius 1 is 0.963 bits per heavy atom. The highest BCUT2D eigenvalue weighted by atomic mass is 19.3. The van der Waals surface area contributed by atoms with Gasteiger partial charge in [-0.05, 0) is 50.5 Å². The Bertz CT molecular complexity index is 557. The predicted molar refractivity (Wildman–Crippen MR) is 96.0 cm³/mol. The SMILES string of the molecule is CCOC1=CC=C(CCC2CCC(C3CCCCC3)CO2)C(F)(F)C1(F)F. The fourth-order valence-corrected chi connectivity index (χ4v) is 4.62. The Labute approximate surface area is 159 Å². The van der Waals surface area contributed by atoms with Crippen molar-refractivity contribution >= 4 is 0 Å². The highest BCUT2D eigenvalue weighted by molar-refractivity contribution is 5.35. The summed E-state index contributed by atoms with van der Waals surface area (Å²) in [5.41, 5.74) is -0.533. The van der Waals surface area contributed by atoms with Crippen molar-refractivity contribution in [2.75, 3.05) is 13.2 Å². The summed E-state index contributed by atoms with van der Waals surface area (Å²) in [7, 11) is 0. The van der Waals surface area contributed by atoms with Crippen LogP contribution in [0.4, 0.5) is 17.6 Å². The lowest BCUT2D eigenvalue weighted by atomic mass is 9.77. The van der Waals surface area contributed by atoms with Crippen molar-refractivity contribution in [3.05, 3.63) is 23.5 Å². The maximum atomic E-state index is 14.3. The molecule has 0 aromatic heterocycles. The molecule has 0 radical (unpaired) electrons. The van der Waals surface area contributed by atoms with Crippen LogP contribution in [0.25, 0.3) is 0 Å². The molecule has 0 spiro atoms. The molecule has 1 heterocycles. The van der Waals surface area contributed by atoms with E-state index in [1.165, 1.54) is 39.0 Å². The molecule has 6 heteroatoms. The average molecular weight is 390 g/mol. The third kappa shape index (κ3) is 4.36. The molecule has 3 rings (SSSR count). The van der Waals surface area contributed by atoms with Crippen molar-refractivity contribution < 1.29 is 27.0 Å². The Balaban J connectivity index is 1.52. The van der Waals surface area contributed by atoms with Gasteiger partial charge in [-0.2, -0.15) is 17.6 Å². The number of ether oxygens (including phenoxy) is 2. The fraction of sp³-hybridized carbons (Fsp3) is 0.810. The van der Waals surface area contributed by atoms with Gasteiger partial charge in [0.1, 0.15) is 0 Å². The molecule has 1 saturated carbocycles. The second-order valence-electron chi connectivity index (χ2n) is 8.03. The number of allylic oxidation sites excluding steroid dienone is 4. The summed E-state index contributed by atoms with van der Waals surface area (Å²) in [5.74, 6) is -8.18. The molecule has 3 aliphatic rings. The third-order valence-electron chi connectivity index (χ3n) is 6.30. The number of rotatable bonds is 6. The standard InChI is InChI=1S/C21H30F4O2/c1-2-26-19-13-10-17(20(22,23)21(19,24)25)9-12-18-11-8-16(14-27-18)15-6-4-3-5-7-15/h10,13,15-16,18H,2-9,11-12,14H2,1H3. The summed E-state index contributed by atoms with van der Waals surface area (Å²) in [5, 5.41) is 0. The Hall–Kier alpha value is -1.04. The number of halogens is 4. The maximum Gasteiger partial charge on any atom is 0.369 e. The van der Waals surface area contributed by atoms with E-state index in [9.17, 15) is 17.6 Å². The highest BCUT2D eigenvalue weighted by Crippen LogP contribution is 2.49. The molecule has 0 aromatic carbocycles. The topological polar surface area (TPSA) is 18.5 Å². The van der Waals surface area contributed by atoms with Crippen molar-refractivity contribution in [3.8, 4) is 0 Å². The van der Waals surface area contributed by atoms with Crippen molar-refractivity contribution in [2.24, 2.45) is 11.8 Å².